The molecule has 0 spiro atoms. The zero-order valence-electron chi connectivity index (χ0n) is 8.45. The van der Waals surface area contributed by atoms with Crippen molar-refractivity contribution in [1.82, 2.24) is 4.98 Å². The molecule has 0 aromatic carbocycles. The maximum Gasteiger partial charge on any atom is 0.275 e. The van der Waals surface area contributed by atoms with Crippen molar-refractivity contribution in [1.29, 1.82) is 5.26 Å². The van der Waals surface area contributed by atoms with Gasteiger partial charge in [0.2, 0.25) is 0 Å². The summed E-state index contributed by atoms with van der Waals surface area (Å²) in [5, 5.41) is 19.4. The average Bonchev–Trinajstić information content (AvgIpc) is 2.76. The molecule has 0 aliphatic heterocycles. The largest absolute Gasteiger partial charge is 0.383 e. The summed E-state index contributed by atoms with van der Waals surface area (Å²) in [4.78, 5) is 15.4. The smallest absolute Gasteiger partial charge is 0.275 e. The Morgan fingerprint density at radius 2 is 2.24 bits per heavy atom. The third-order valence-electron chi connectivity index (χ3n) is 2.01. The van der Waals surface area contributed by atoms with Crippen molar-refractivity contribution < 1.29 is 4.92 Å². The van der Waals surface area contributed by atoms with Crippen LogP contribution in [0.15, 0.2) is 24.3 Å². The SMILES string of the molecule is N#Cc1ccc(-c2cc([N+](=O)[O-])cc(N)n2)s1. The van der Waals surface area contributed by atoms with Crippen LogP contribution in [0, 0.1) is 21.4 Å². The molecule has 2 rings (SSSR count). The van der Waals surface area contributed by atoms with Crippen LogP contribution in [0.4, 0.5) is 11.5 Å². The van der Waals surface area contributed by atoms with Crippen molar-refractivity contribution in [2.24, 2.45) is 0 Å². The third kappa shape index (κ3) is 2.21. The van der Waals surface area contributed by atoms with Gasteiger partial charge >= 0.3 is 0 Å². The van der Waals surface area contributed by atoms with Gasteiger partial charge in [0, 0.05) is 6.07 Å². The Hall–Kier alpha value is -2.46. The molecule has 17 heavy (non-hydrogen) atoms. The molecule has 0 unspecified atom stereocenters. The van der Waals surface area contributed by atoms with E-state index in [1.165, 1.54) is 23.5 Å². The zero-order chi connectivity index (χ0) is 12.4. The Labute approximate surface area is 100 Å². The van der Waals surface area contributed by atoms with Gasteiger partial charge in [-0.05, 0) is 12.1 Å². The van der Waals surface area contributed by atoms with Gasteiger partial charge in [-0.25, -0.2) is 4.98 Å². The number of anilines is 1. The number of pyridine rings is 1. The zero-order valence-corrected chi connectivity index (χ0v) is 9.27. The maximum atomic E-state index is 10.7. The van der Waals surface area contributed by atoms with Gasteiger partial charge in [0.15, 0.2) is 0 Å². The molecule has 0 aliphatic rings. The van der Waals surface area contributed by atoms with E-state index in [4.69, 9.17) is 11.0 Å². The van der Waals surface area contributed by atoms with Crippen LogP contribution in [0.5, 0.6) is 0 Å². The van der Waals surface area contributed by atoms with Crippen LogP contribution in [-0.2, 0) is 0 Å². The van der Waals surface area contributed by atoms with E-state index in [0.29, 0.717) is 15.4 Å². The fraction of sp³-hybridized carbons (Fsp3) is 0. The van der Waals surface area contributed by atoms with Crippen molar-refractivity contribution in [3.8, 4) is 16.6 Å². The normalized spacial score (nSPS) is 9.82. The number of rotatable bonds is 2. The maximum absolute atomic E-state index is 10.7. The van der Waals surface area contributed by atoms with Gasteiger partial charge in [0.1, 0.15) is 16.8 Å². The second kappa shape index (κ2) is 4.19. The van der Waals surface area contributed by atoms with E-state index in [-0.39, 0.29) is 11.5 Å². The van der Waals surface area contributed by atoms with Gasteiger partial charge in [-0.1, -0.05) is 0 Å². The summed E-state index contributed by atoms with van der Waals surface area (Å²) >= 11 is 1.21. The lowest BCUT2D eigenvalue weighted by Crippen LogP contribution is -1.95. The number of nitriles is 1. The summed E-state index contributed by atoms with van der Waals surface area (Å²) in [5.41, 5.74) is 5.79. The highest BCUT2D eigenvalue weighted by Gasteiger charge is 2.12. The van der Waals surface area contributed by atoms with Crippen LogP contribution >= 0.6 is 11.3 Å². The van der Waals surface area contributed by atoms with Crippen LogP contribution in [0.25, 0.3) is 10.6 Å². The molecule has 2 N–H and O–H groups in total. The van der Waals surface area contributed by atoms with Crippen molar-refractivity contribution >= 4 is 22.8 Å². The fourth-order valence-electron chi connectivity index (χ4n) is 1.30. The summed E-state index contributed by atoms with van der Waals surface area (Å²) < 4.78 is 0. The first-order chi connectivity index (χ1) is 8.10. The molecule has 2 aromatic heterocycles. The minimum Gasteiger partial charge on any atom is -0.383 e. The lowest BCUT2D eigenvalue weighted by molar-refractivity contribution is -0.384. The van der Waals surface area contributed by atoms with Crippen molar-refractivity contribution in [2.75, 3.05) is 5.73 Å². The first-order valence-corrected chi connectivity index (χ1v) is 5.34. The summed E-state index contributed by atoms with van der Waals surface area (Å²) in [6.07, 6.45) is 0. The summed E-state index contributed by atoms with van der Waals surface area (Å²) in [7, 11) is 0. The molecule has 0 saturated carbocycles. The van der Waals surface area contributed by atoms with Gasteiger partial charge in [-0.2, -0.15) is 5.26 Å². The molecule has 0 fully saturated rings. The molecule has 7 heteroatoms. The monoisotopic (exact) mass is 246 g/mol. The molecule has 0 radical (unpaired) electrons. The van der Waals surface area contributed by atoms with E-state index in [2.05, 4.69) is 4.98 Å². The second-order valence-corrected chi connectivity index (χ2v) is 4.25. The molecule has 2 heterocycles. The molecule has 2 aromatic rings. The van der Waals surface area contributed by atoms with Crippen molar-refractivity contribution in [3.05, 3.63) is 39.3 Å². The van der Waals surface area contributed by atoms with Gasteiger partial charge in [-0.15, -0.1) is 11.3 Å². The predicted molar refractivity (Wildman–Crippen MR) is 63.3 cm³/mol. The Bertz CT molecular complexity index is 629. The van der Waals surface area contributed by atoms with E-state index >= 15 is 0 Å². The van der Waals surface area contributed by atoms with Crippen molar-refractivity contribution in [2.45, 2.75) is 0 Å². The van der Waals surface area contributed by atoms with Crippen LogP contribution in [0.2, 0.25) is 0 Å². The molecule has 6 nitrogen and oxygen atoms in total. The van der Waals surface area contributed by atoms with Crippen molar-refractivity contribution in [3.63, 3.8) is 0 Å². The van der Waals surface area contributed by atoms with Crippen LogP contribution in [0.1, 0.15) is 4.88 Å². The summed E-state index contributed by atoms with van der Waals surface area (Å²) in [5.74, 6) is 0.0844. The number of nitrogen functional groups attached to an aromatic ring is 1. The van der Waals surface area contributed by atoms with E-state index in [1.807, 2.05) is 6.07 Å². The number of thiophene rings is 1. The topological polar surface area (TPSA) is 106 Å². The van der Waals surface area contributed by atoms with Crippen LogP contribution in [-0.4, -0.2) is 9.91 Å². The minimum absolute atomic E-state index is 0.0844. The molecular weight excluding hydrogens is 240 g/mol. The number of nitro groups is 1. The standard InChI is InChI=1S/C10H6N4O2S/c11-5-7-1-2-9(17-7)8-3-6(14(15)16)4-10(12)13-8/h1-4H,(H2,12,13). The highest BCUT2D eigenvalue weighted by atomic mass is 32.1. The van der Waals surface area contributed by atoms with E-state index in [9.17, 15) is 10.1 Å². The quantitative estimate of drug-likeness (QED) is 0.645. The Morgan fingerprint density at radius 3 is 2.82 bits per heavy atom. The highest BCUT2D eigenvalue weighted by molar-refractivity contribution is 7.15. The number of nitrogens with two attached hydrogens (primary N) is 1. The van der Waals surface area contributed by atoms with Gasteiger partial charge in [0.25, 0.3) is 5.69 Å². The summed E-state index contributed by atoms with van der Waals surface area (Å²) in [6, 6.07) is 7.85. The Kier molecular flexibility index (Phi) is 2.72. The number of hydrogen-bond donors (Lipinski definition) is 1. The second-order valence-electron chi connectivity index (χ2n) is 3.17. The average molecular weight is 246 g/mol. The lowest BCUT2D eigenvalue weighted by Gasteiger charge is -1.99. The Balaban J connectivity index is 2.52. The molecule has 84 valence electrons. The van der Waals surface area contributed by atoms with E-state index in [0.717, 1.165) is 0 Å². The fourth-order valence-corrected chi connectivity index (χ4v) is 2.07. The van der Waals surface area contributed by atoms with E-state index in [1.54, 1.807) is 12.1 Å². The van der Waals surface area contributed by atoms with Crippen LogP contribution < -0.4 is 5.73 Å². The third-order valence-corrected chi connectivity index (χ3v) is 3.02. The molecule has 0 atom stereocenters. The first-order valence-electron chi connectivity index (χ1n) is 4.52. The molecule has 0 amide bonds. The molecule has 0 saturated heterocycles. The lowest BCUT2D eigenvalue weighted by atomic mass is 10.2. The highest BCUT2D eigenvalue weighted by Crippen LogP contribution is 2.29. The Morgan fingerprint density at radius 1 is 1.47 bits per heavy atom. The number of hydrogen-bond acceptors (Lipinski definition) is 6. The predicted octanol–water partition coefficient (Wildman–Crippen LogP) is 2.17. The van der Waals surface area contributed by atoms with Gasteiger partial charge < -0.3 is 5.73 Å². The van der Waals surface area contributed by atoms with Gasteiger partial charge in [0.05, 0.1) is 21.6 Å². The molecular formula is C10H6N4O2S. The summed E-state index contributed by atoms with van der Waals surface area (Å²) in [6.45, 7) is 0. The van der Waals surface area contributed by atoms with Gasteiger partial charge in [-0.3, -0.25) is 10.1 Å². The number of aromatic nitrogens is 1. The molecule has 0 bridgehead atoms. The molecule has 0 aliphatic carbocycles. The van der Waals surface area contributed by atoms with E-state index < -0.39 is 4.92 Å². The number of nitrogens with zero attached hydrogens (tertiary/aromatic N) is 3. The first kappa shape index (κ1) is 11.0. The minimum atomic E-state index is -0.527. The van der Waals surface area contributed by atoms with Crippen LogP contribution in [0.3, 0.4) is 0 Å².